The molecule has 1 aliphatic carbocycles. The third-order valence-electron chi connectivity index (χ3n) is 10.2. The van der Waals surface area contributed by atoms with Gasteiger partial charge in [-0.05, 0) is 93.4 Å². The first-order valence-electron chi connectivity index (χ1n) is 18.0. The van der Waals surface area contributed by atoms with Crippen LogP contribution in [0.4, 0.5) is 28.7 Å². The first-order chi connectivity index (χ1) is 25.4. The fourth-order valence-corrected chi connectivity index (χ4v) is 7.78. The maximum Gasteiger partial charge on any atom is 0.261 e. The molecular formula is C44H42N6O2. The van der Waals surface area contributed by atoms with Crippen molar-refractivity contribution in [2.75, 3.05) is 22.9 Å². The SMILES string of the molecule is CCN1C(=O)C2=C(c3ccc(N(c4ccccc4)c4ccccc4)n3C)N(CC)C(=O)C2=C1c1ccc(N(C2=CCCC=C2)c2ccccc2)n1C. The molecule has 260 valence electrons. The highest BCUT2D eigenvalue weighted by Crippen LogP contribution is 2.48. The summed E-state index contributed by atoms with van der Waals surface area (Å²) < 4.78 is 4.20. The lowest BCUT2D eigenvalue weighted by atomic mass is 10.1. The number of benzene rings is 3. The molecule has 3 aliphatic rings. The Kier molecular flexibility index (Phi) is 8.51. The lowest BCUT2D eigenvalue weighted by molar-refractivity contribution is -0.124. The number of hydrogen-bond acceptors (Lipinski definition) is 4. The van der Waals surface area contributed by atoms with Gasteiger partial charge in [-0.15, -0.1) is 0 Å². The minimum Gasteiger partial charge on any atom is -0.329 e. The number of para-hydroxylation sites is 3. The highest BCUT2D eigenvalue weighted by atomic mass is 16.2. The van der Waals surface area contributed by atoms with Crippen LogP contribution in [0.25, 0.3) is 11.4 Å². The van der Waals surface area contributed by atoms with Gasteiger partial charge in [0, 0.05) is 49.9 Å². The number of likely N-dealkylation sites (N-methyl/N-ethyl adjacent to an activating group) is 2. The zero-order valence-electron chi connectivity index (χ0n) is 30.0. The predicted octanol–water partition coefficient (Wildman–Crippen LogP) is 9.05. The highest BCUT2D eigenvalue weighted by molar-refractivity contribution is 6.30. The van der Waals surface area contributed by atoms with Gasteiger partial charge in [-0.3, -0.25) is 19.4 Å². The average molecular weight is 687 g/mol. The first-order valence-corrected chi connectivity index (χ1v) is 18.0. The molecule has 8 rings (SSSR count). The molecule has 2 aromatic heterocycles. The van der Waals surface area contributed by atoms with Crippen molar-refractivity contribution in [1.29, 1.82) is 0 Å². The zero-order chi connectivity index (χ0) is 35.9. The monoisotopic (exact) mass is 686 g/mol. The Hall–Kier alpha value is -6.28. The number of amides is 2. The number of carbonyl (C=O) groups is 2. The molecule has 0 atom stereocenters. The number of anilines is 5. The Bertz CT molecular complexity index is 2250. The lowest BCUT2D eigenvalue weighted by Gasteiger charge is -2.29. The van der Waals surface area contributed by atoms with Crippen molar-refractivity contribution in [3.63, 3.8) is 0 Å². The topological polar surface area (TPSA) is 57.0 Å². The second-order valence-corrected chi connectivity index (χ2v) is 13.1. The maximum absolute atomic E-state index is 14.6. The summed E-state index contributed by atoms with van der Waals surface area (Å²) in [6.07, 6.45) is 8.61. The first kappa shape index (κ1) is 32.9. The summed E-state index contributed by atoms with van der Waals surface area (Å²) in [5, 5.41) is 0. The van der Waals surface area contributed by atoms with E-state index in [1.165, 1.54) is 0 Å². The Morgan fingerprint density at radius 3 is 1.37 bits per heavy atom. The predicted molar refractivity (Wildman–Crippen MR) is 209 cm³/mol. The molecule has 8 nitrogen and oxygen atoms in total. The Labute approximate surface area is 305 Å². The number of allylic oxidation sites excluding steroid dienone is 3. The molecule has 0 N–H and O–H groups in total. The molecule has 4 heterocycles. The van der Waals surface area contributed by atoms with E-state index >= 15 is 0 Å². The van der Waals surface area contributed by atoms with Crippen LogP contribution < -0.4 is 9.80 Å². The third kappa shape index (κ3) is 5.21. The van der Waals surface area contributed by atoms with Crippen molar-refractivity contribution in [2.45, 2.75) is 26.7 Å². The zero-order valence-corrected chi connectivity index (χ0v) is 30.0. The standard InChI is InChI=1S/C44H42N6O2/c1-5-47-41(35-27-29-37(45(35)3)49(31-19-11-7-12-20-31)32-21-13-8-14-22-32)39-40(43(47)51)42(48(6-2)44(39)52)36-28-30-38(46(36)4)50(33-23-15-9-16-24-33)34-25-17-10-18-26-34/h7-9,11-17,19-30H,5-6,10,18H2,1-4H3. The fraction of sp³-hybridized carbons (Fsp3) is 0.182. The van der Waals surface area contributed by atoms with Gasteiger partial charge in [-0.1, -0.05) is 66.7 Å². The number of nitrogens with zero attached hydrogens (tertiary/aromatic N) is 6. The molecule has 5 aromatic rings. The van der Waals surface area contributed by atoms with Gasteiger partial charge in [0.15, 0.2) is 0 Å². The van der Waals surface area contributed by atoms with Gasteiger partial charge in [0.2, 0.25) is 0 Å². The van der Waals surface area contributed by atoms with Crippen molar-refractivity contribution >= 4 is 51.9 Å². The molecule has 8 heteroatoms. The van der Waals surface area contributed by atoms with Gasteiger partial charge in [-0.2, -0.15) is 0 Å². The quantitative estimate of drug-likeness (QED) is 0.147. The van der Waals surface area contributed by atoms with Crippen molar-refractivity contribution in [1.82, 2.24) is 18.9 Å². The number of hydrogen-bond donors (Lipinski definition) is 0. The van der Waals surface area contributed by atoms with E-state index in [1.807, 2.05) is 94.7 Å². The number of rotatable bonds is 10. The van der Waals surface area contributed by atoms with Crippen LogP contribution >= 0.6 is 0 Å². The lowest BCUT2D eigenvalue weighted by Crippen LogP contribution is -2.30. The summed E-state index contributed by atoms with van der Waals surface area (Å²) in [5.74, 6) is 1.55. The smallest absolute Gasteiger partial charge is 0.261 e. The Morgan fingerprint density at radius 2 is 0.962 bits per heavy atom. The van der Waals surface area contributed by atoms with Crippen molar-refractivity contribution in [3.8, 4) is 0 Å². The van der Waals surface area contributed by atoms with Gasteiger partial charge >= 0.3 is 0 Å². The van der Waals surface area contributed by atoms with E-state index in [2.05, 4.69) is 85.7 Å². The molecular weight excluding hydrogens is 645 g/mol. The van der Waals surface area contributed by atoms with E-state index < -0.39 is 0 Å². The second-order valence-electron chi connectivity index (χ2n) is 13.1. The molecule has 2 amide bonds. The normalized spacial score (nSPS) is 15.6. The molecule has 3 aromatic carbocycles. The van der Waals surface area contributed by atoms with Crippen LogP contribution in [0.3, 0.4) is 0 Å². The van der Waals surface area contributed by atoms with E-state index in [0.29, 0.717) is 35.6 Å². The molecule has 52 heavy (non-hydrogen) atoms. The van der Waals surface area contributed by atoms with Gasteiger partial charge in [0.25, 0.3) is 11.8 Å². The number of fused-ring (bicyclic) bond motifs is 1. The second kappa shape index (κ2) is 13.5. The van der Waals surface area contributed by atoms with E-state index in [-0.39, 0.29) is 11.8 Å². The molecule has 0 fully saturated rings. The molecule has 0 saturated heterocycles. The summed E-state index contributed by atoms with van der Waals surface area (Å²) in [4.78, 5) is 37.2. The van der Waals surface area contributed by atoms with E-state index in [0.717, 1.165) is 58.6 Å². The largest absolute Gasteiger partial charge is 0.329 e. The Balaban J connectivity index is 1.29. The molecule has 0 radical (unpaired) electrons. The van der Waals surface area contributed by atoms with Crippen LogP contribution in [-0.4, -0.2) is 43.8 Å². The van der Waals surface area contributed by atoms with Crippen molar-refractivity contribution in [3.05, 3.63) is 162 Å². The van der Waals surface area contributed by atoms with Gasteiger partial charge in [0.1, 0.15) is 11.6 Å². The third-order valence-corrected chi connectivity index (χ3v) is 10.2. The number of aromatic nitrogens is 2. The van der Waals surface area contributed by atoms with Gasteiger partial charge < -0.3 is 18.9 Å². The van der Waals surface area contributed by atoms with Gasteiger partial charge in [-0.25, -0.2) is 0 Å². The van der Waals surface area contributed by atoms with Crippen LogP contribution in [0.5, 0.6) is 0 Å². The molecule has 0 unspecified atom stereocenters. The summed E-state index contributed by atoms with van der Waals surface area (Å²) in [7, 11) is 4.02. The maximum atomic E-state index is 14.6. The van der Waals surface area contributed by atoms with Crippen molar-refractivity contribution in [2.24, 2.45) is 14.1 Å². The summed E-state index contributed by atoms with van der Waals surface area (Å²) >= 11 is 0. The average Bonchev–Trinajstić information content (AvgIpc) is 3.91. The molecule has 0 spiro atoms. The summed E-state index contributed by atoms with van der Waals surface area (Å²) in [6.45, 7) is 4.79. The number of carbonyl (C=O) groups excluding carboxylic acids is 2. The fourth-order valence-electron chi connectivity index (χ4n) is 7.78. The summed E-state index contributed by atoms with van der Waals surface area (Å²) in [6, 6.07) is 39.0. The molecule has 0 saturated carbocycles. The minimum atomic E-state index is -0.155. The molecule has 0 bridgehead atoms. The van der Waals surface area contributed by atoms with E-state index in [4.69, 9.17) is 0 Å². The molecule has 2 aliphatic heterocycles. The van der Waals surface area contributed by atoms with Crippen LogP contribution in [0.2, 0.25) is 0 Å². The van der Waals surface area contributed by atoms with Gasteiger partial charge in [0.05, 0.1) is 33.9 Å². The van der Waals surface area contributed by atoms with Crippen LogP contribution in [0.1, 0.15) is 38.1 Å². The Morgan fingerprint density at radius 1 is 0.538 bits per heavy atom. The van der Waals surface area contributed by atoms with Crippen LogP contribution in [-0.2, 0) is 23.7 Å². The minimum absolute atomic E-state index is 0.155. The summed E-state index contributed by atoms with van der Waals surface area (Å²) in [5.41, 5.74) is 7.99. The van der Waals surface area contributed by atoms with E-state index in [9.17, 15) is 9.59 Å². The highest BCUT2D eigenvalue weighted by Gasteiger charge is 2.49. The van der Waals surface area contributed by atoms with Crippen LogP contribution in [0, 0.1) is 0 Å². The van der Waals surface area contributed by atoms with Crippen LogP contribution in [0.15, 0.2) is 150 Å². The van der Waals surface area contributed by atoms with Crippen molar-refractivity contribution < 1.29 is 9.59 Å². The van der Waals surface area contributed by atoms with E-state index in [1.54, 1.807) is 9.80 Å².